The van der Waals surface area contributed by atoms with Crippen LogP contribution < -0.4 is 14.4 Å². The molecule has 6 rings (SSSR count). The average molecular weight is 416 g/mol. The van der Waals surface area contributed by atoms with Crippen LogP contribution in [0.25, 0.3) is 22.3 Å². The zero-order valence-corrected chi connectivity index (χ0v) is 17.6. The molecule has 0 amide bonds. The average Bonchev–Trinajstić information content (AvgIpc) is 3.50. The number of piperidine rings is 1. The van der Waals surface area contributed by atoms with Crippen LogP contribution in [0.15, 0.2) is 30.6 Å². The molecule has 2 N–H and O–H groups in total. The van der Waals surface area contributed by atoms with E-state index in [9.17, 15) is 0 Å². The zero-order chi connectivity index (χ0) is 20.9. The van der Waals surface area contributed by atoms with E-state index in [-0.39, 0.29) is 6.79 Å². The second-order valence-corrected chi connectivity index (χ2v) is 8.34. The predicted molar refractivity (Wildman–Crippen MR) is 118 cm³/mol. The SMILES string of the molecule is Cc1cc2c(N3CCC(c4nc(-c5ccc6c(c5)OCO6)c(C)[nH]4)CC3)ncnc2[nH]1. The smallest absolute Gasteiger partial charge is 0.231 e. The first-order valence-electron chi connectivity index (χ1n) is 10.7. The van der Waals surface area contributed by atoms with Gasteiger partial charge in [-0.05, 0) is 51.0 Å². The lowest BCUT2D eigenvalue weighted by Crippen LogP contribution is -2.33. The highest BCUT2D eigenvalue weighted by atomic mass is 16.7. The molecule has 0 spiro atoms. The van der Waals surface area contributed by atoms with Crippen molar-refractivity contribution >= 4 is 16.9 Å². The molecule has 8 nitrogen and oxygen atoms in total. The summed E-state index contributed by atoms with van der Waals surface area (Å²) in [5, 5.41) is 1.09. The maximum atomic E-state index is 5.53. The molecule has 31 heavy (non-hydrogen) atoms. The van der Waals surface area contributed by atoms with Crippen molar-refractivity contribution in [2.75, 3.05) is 24.8 Å². The van der Waals surface area contributed by atoms with E-state index in [1.807, 2.05) is 18.2 Å². The third kappa shape index (κ3) is 3.10. The van der Waals surface area contributed by atoms with Gasteiger partial charge in [-0.3, -0.25) is 0 Å². The number of ether oxygens (including phenoxy) is 2. The Morgan fingerprint density at radius 2 is 1.84 bits per heavy atom. The van der Waals surface area contributed by atoms with Crippen molar-refractivity contribution in [1.82, 2.24) is 24.9 Å². The lowest BCUT2D eigenvalue weighted by atomic mass is 9.96. The Bertz CT molecular complexity index is 1270. The first-order chi connectivity index (χ1) is 15.2. The van der Waals surface area contributed by atoms with Gasteiger partial charge in [-0.15, -0.1) is 0 Å². The highest BCUT2D eigenvalue weighted by molar-refractivity contribution is 5.88. The molecule has 8 heteroatoms. The zero-order valence-electron chi connectivity index (χ0n) is 17.6. The van der Waals surface area contributed by atoms with Crippen molar-refractivity contribution in [3.8, 4) is 22.8 Å². The molecule has 0 saturated carbocycles. The summed E-state index contributed by atoms with van der Waals surface area (Å²) in [6, 6.07) is 8.14. The summed E-state index contributed by atoms with van der Waals surface area (Å²) >= 11 is 0. The number of rotatable bonds is 3. The van der Waals surface area contributed by atoms with Crippen molar-refractivity contribution < 1.29 is 9.47 Å². The van der Waals surface area contributed by atoms with Crippen LogP contribution in [0, 0.1) is 13.8 Å². The Labute approximate surface area is 179 Å². The van der Waals surface area contributed by atoms with E-state index in [4.69, 9.17) is 14.5 Å². The van der Waals surface area contributed by atoms with Crippen LogP contribution in [-0.4, -0.2) is 44.8 Å². The number of H-pyrrole nitrogens is 2. The highest BCUT2D eigenvalue weighted by Gasteiger charge is 2.26. The summed E-state index contributed by atoms with van der Waals surface area (Å²) in [6.45, 7) is 6.30. The number of nitrogens with zero attached hydrogens (tertiary/aromatic N) is 4. The number of aryl methyl sites for hydroxylation is 2. The van der Waals surface area contributed by atoms with Gasteiger partial charge in [-0.2, -0.15) is 0 Å². The number of benzene rings is 1. The van der Waals surface area contributed by atoms with Gasteiger partial charge < -0.3 is 24.3 Å². The van der Waals surface area contributed by atoms with E-state index in [1.54, 1.807) is 6.33 Å². The molecule has 3 aromatic heterocycles. The molecule has 4 aromatic rings. The molecule has 1 fully saturated rings. The third-order valence-corrected chi connectivity index (χ3v) is 6.27. The van der Waals surface area contributed by atoms with Gasteiger partial charge >= 0.3 is 0 Å². The lowest BCUT2D eigenvalue weighted by molar-refractivity contribution is 0.174. The van der Waals surface area contributed by atoms with Crippen molar-refractivity contribution in [2.45, 2.75) is 32.6 Å². The molecule has 0 atom stereocenters. The molecule has 0 aliphatic carbocycles. The number of hydrogen-bond donors (Lipinski definition) is 2. The monoisotopic (exact) mass is 416 g/mol. The number of aromatic amines is 2. The Kier molecular flexibility index (Phi) is 4.12. The molecule has 1 saturated heterocycles. The van der Waals surface area contributed by atoms with Crippen LogP contribution in [0.5, 0.6) is 11.5 Å². The largest absolute Gasteiger partial charge is 0.454 e. The number of aromatic nitrogens is 5. The maximum absolute atomic E-state index is 5.53. The second kappa shape index (κ2) is 7.01. The topological polar surface area (TPSA) is 91.9 Å². The second-order valence-electron chi connectivity index (χ2n) is 8.34. The van der Waals surface area contributed by atoms with E-state index in [1.165, 1.54) is 0 Å². The van der Waals surface area contributed by atoms with Gasteiger partial charge in [0.2, 0.25) is 6.79 Å². The van der Waals surface area contributed by atoms with Gasteiger partial charge in [0.15, 0.2) is 11.5 Å². The molecular formula is C23H24N6O2. The fraction of sp³-hybridized carbons (Fsp3) is 0.348. The van der Waals surface area contributed by atoms with Crippen LogP contribution >= 0.6 is 0 Å². The molecule has 5 heterocycles. The van der Waals surface area contributed by atoms with Crippen LogP contribution in [0.2, 0.25) is 0 Å². The van der Waals surface area contributed by atoms with Gasteiger partial charge in [-0.1, -0.05) is 0 Å². The molecule has 1 aromatic carbocycles. The minimum Gasteiger partial charge on any atom is -0.454 e. The van der Waals surface area contributed by atoms with Crippen molar-refractivity contribution in [3.05, 3.63) is 47.8 Å². The predicted octanol–water partition coefficient (Wildman–Crippen LogP) is 4.08. The number of hydrogen-bond acceptors (Lipinski definition) is 6. The van der Waals surface area contributed by atoms with Crippen LogP contribution in [-0.2, 0) is 0 Å². The summed E-state index contributed by atoms with van der Waals surface area (Å²) < 4.78 is 11.0. The van der Waals surface area contributed by atoms with Crippen LogP contribution in [0.3, 0.4) is 0 Å². The minimum absolute atomic E-state index is 0.281. The standard InChI is InChI=1S/C23H24N6O2/c1-13-9-17-22(26-13)24-11-25-23(17)29-7-5-15(6-8-29)21-27-14(2)20(28-21)16-3-4-18-19(10-16)31-12-30-18/h3-4,9-11,15H,5-8,12H2,1-2H3,(H,27,28)(H,24,25,26). The van der Waals surface area contributed by atoms with Gasteiger partial charge in [0.25, 0.3) is 0 Å². The fourth-order valence-corrected chi connectivity index (χ4v) is 4.68. The van der Waals surface area contributed by atoms with Gasteiger partial charge in [0, 0.05) is 36.0 Å². The molecule has 0 bridgehead atoms. The molecule has 0 unspecified atom stereocenters. The Hall–Kier alpha value is -3.55. The maximum Gasteiger partial charge on any atom is 0.231 e. The number of nitrogens with one attached hydrogen (secondary N) is 2. The van der Waals surface area contributed by atoms with Crippen molar-refractivity contribution in [2.24, 2.45) is 0 Å². The fourth-order valence-electron chi connectivity index (χ4n) is 4.68. The molecule has 2 aliphatic heterocycles. The normalized spacial score (nSPS) is 16.4. The molecule has 158 valence electrons. The van der Waals surface area contributed by atoms with Gasteiger partial charge in [-0.25, -0.2) is 15.0 Å². The summed E-state index contributed by atoms with van der Waals surface area (Å²) in [5.41, 5.74) is 5.12. The van der Waals surface area contributed by atoms with Gasteiger partial charge in [0.1, 0.15) is 23.6 Å². The first kappa shape index (κ1) is 18.2. The van der Waals surface area contributed by atoms with E-state index < -0.39 is 0 Å². The molecular weight excluding hydrogens is 392 g/mol. The lowest BCUT2D eigenvalue weighted by Gasteiger charge is -2.32. The minimum atomic E-state index is 0.281. The third-order valence-electron chi connectivity index (χ3n) is 6.27. The van der Waals surface area contributed by atoms with E-state index >= 15 is 0 Å². The van der Waals surface area contributed by atoms with Gasteiger partial charge in [0.05, 0.1) is 11.1 Å². The summed E-state index contributed by atoms with van der Waals surface area (Å²) in [7, 11) is 0. The van der Waals surface area contributed by atoms with E-state index in [2.05, 4.69) is 44.7 Å². The highest BCUT2D eigenvalue weighted by Crippen LogP contribution is 2.37. The quantitative estimate of drug-likeness (QED) is 0.523. The summed E-state index contributed by atoms with van der Waals surface area (Å²) in [6.07, 6.45) is 3.71. The molecule has 2 aliphatic rings. The summed E-state index contributed by atoms with van der Waals surface area (Å²) in [5.74, 6) is 4.06. The van der Waals surface area contributed by atoms with Crippen LogP contribution in [0.1, 0.15) is 36.0 Å². The number of anilines is 1. The van der Waals surface area contributed by atoms with Crippen molar-refractivity contribution in [1.29, 1.82) is 0 Å². The molecule has 0 radical (unpaired) electrons. The van der Waals surface area contributed by atoms with Crippen LogP contribution in [0.4, 0.5) is 5.82 Å². The van der Waals surface area contributed by atoms with Crippen molar-refractivity contribution in [3.63, 3.8) is 0 Å². The first-order valence-corrected chi connectivity index (χ1v) is 10.7. The Morgan fingerprint density at radius 3 is 2.71 bits per heavy atom. The number of imidazole rings is 1. The number of fused-ring (bicyclic) bond motifs is 2. The Morgan fingerprint density at radius 1 is 1.00 bits per heavy atom. The van der Waals surface area contributed by atoms with E-state index in [0.29, 0.717) is 5.92 Å². The summed E-state index contributed by atoms with van der Waals surface area (Å²) in [4.78, 5) is 23.1. The Balaban J connectivity index is 1.21. The van der Waals surface area contributed by atoms with E-state index in [0.717, 1.165) is 82.8 Å².